The molecule has 0 saturated heterocycles. The van der Waals surface area contributed by atoms with Crippen molar-refractivity contribution < 1.29 is 4.79 Å². The third-order valence-electron chi connectivity index (χ3n) is 2.27. The van der Waals surface area contributed by atoms with E-state index in [1.807, 2.05) is 30.3 Å². The summed E-state index contributed by atoms with van der Waals surface area (Å²) in [5.74, 6) is -0.141. The van der Waals surface area contributed by atoms with Crippen molar-refractivity contribution in [1.82, 2.24) is 5.01 Å². The molecule has 4 nitrogen and oxygen atoms in total. The van der Waals surface area contributed by atoms with Crippen LogP contribution in [0.1, 0.15) is 12.0 Å². The van der Waals surface area contributed by atoms with Crippen LogP contribution < -0.4 is 0 Å². The summed E-state index contributed by atoms with van der Waals surface area (Å²) in [5, 5.41) is 13.1. The molecule has 1 aromatic carbocycles. The van der Waals surface area contributed by atoms with Crippen molar-refractivity contribution in [2.45, 2.75) is 6.42 Å². The van der Waals surface area contributed by atoms with E-state index in [0.717, 1.165) is 16.3 Å². The molecule has 5 heteroatoms. The molecule has 0 spiro atoms. The minimum atomic E-state index is -0.141. The van der Waals surface area contributed by atoms with Crippen molar-refractivity contribution in [3.63, 3.8) is 0 Å². The molecule has 0 atom stereocenters. The first-order valence-corrected chi connectivity index (χ1v) is 6.03. The lowest BCUT2D eigenvalue weighted by atomic mass is 10.1. The number of amides is 1. The van der Waals surface area contributed by atoms with Gasteiger partial charge in [0.1, 0.15) is 0 Å². The molecule has 0 fully saturated rings. The van der Waals surface area contributed by atoms with Gasteiger partial charge in [0.05, 0.1) is 12.1 Å². The SMILES string of the molecule is CSC(=N)N1N=C(c2ccccc2)CC1=O. The molecule has 0 unspecified atom stereocenters. The predicted octanol–water partition coefficient (Wildman–Crippen LogP) is 1.92. The third-order valence-corrected chi connectivity index (χ3v) is 2.83. The van der Waals surface area contributed by atoms with E-state index in [2.05, 4.69) is 5.10 Å². The van der Waals surface area contributed by atoms with Gasteiger partial charge in [-0.05, 0) is 11.8 Å². The molecule has 1 amide bonds. The Morgan fingerprint density at radius 3 is 2.75 bits per heavy atom. The summed E-state index contributed by atoms with van der Waals surface area (Å²) in [6, 6.07) is 9.56. The van der Waals surface area contributed by atoms with Gasteiger partial charge in [-0.15, -0.1) is 0 Å². The second kappa shape index (κ2) is 4.49. The monoisotopic (exact) mass is 233 g/mol. The second-order valence-electron chi connectivity index (χ2n) is 3.30. The van der Waals surface area contributed by atoms with Crippen LogP contribution in [-0.2, 0) is 4.79 Å². The molecule has 0 aliphatic carbocycles. The van der Waals surface area contributed by atoms with Gasteiger partial charge in [0.15, 0.2) is 5.17 Å². The highest BCUT2D eigenvalue weighted by Crippen LogP contribution is 2.17. The van der Waals surface area contributed by atoms with Crippen molar-refractivity contribution in [3.05, 3.63) is 35.9 Å². The Hall–Kier alpha value is -1.62. The first kappa shape index (κ1) is 10.9. The Labute approximate surface area is 97.8 Å². The lowest BCUT2D eigenvalue weighted by Gasteiger charge is -2.08. The van der Waals surface area contributed by atoms with Gasteiger partial charge in [0.2, 0.25) is 0 Å². The van der Waals surface area contributed by atoms with Crippen LogP contribution in [0.25, 0.3) is 0 Å². The third kappa shape index (κ3) is 1.99. The van der Waals surface area contributed by atoms with Crippen LogP contribution in [0.5, 0.6) is 0 Å². The van der Waals surface area contributed by atoms with Crippen LogP contribution in [0, 0.1) is 5.41 Å². The fourth-order valence-corrected chi connectivity index (χ4v) is 1.78. The minimum absolute atomic E-state index is 0.141. The fourth-order valence-electron chi connectivity index (χ4n) is 1.47. The van der Waals surface area contributed by atoms with Crippen molar-refractivity contribution in [2.24, 2.45) is 5.10 Å². The van der Waals surface area contributed by atoms with E-state index in [0.29, 0.717) is 0 Å². The Bertz CT molecular complexity index is 456. The molecule has 1 aromatic rings. The van der Waals surface area contributed by atoms with E-state index in [1.165, 1.54) is 11.8 Å². The van der Waals surface area contributed by atoms with Crippen LogP contribution >= 0.6 is 11.8 Å². The minimum Gasteiger partial charge on any atom is -0.277 e. The zero-order valence-electron chi connectivity index (χ0n) is 8.80. The average molecular weight is 233 g/mol. The lowest BCUT2D eigenvalue weighted by Crippen LogP contribution is -2.24. The van der Waals surface area contributed by atoms with Gasteiger partial charge in [-0.25, -0.2) is 0 Å². The number of nitrogens with zero attached hydrogens (tertiary/aromatic N) is 2. The maximum Gasteiger partial charge on any atom is 0.255 e. The Balaban J connectivity index is 2.27. The smallest absolute Gasteiger partial charge is 0.255 e. The maximum absolute atomic E-state index is 11.6. The highest BCUT2D eigenvalue weighted by Gasteiger charge is 2.27. The molecule has 1 aliphatic rings. The Morgan fingerprint density at radius 1 is 1.44 bits per heavy atom. The zero-order valence-corrected chi connectivity index (χ0v) is 9.62. The van der Waals surface area contributed by atoms with Gasteiger partial charge in [0, 0.05) is 0 Å². The summed E-state index contributed by atoms with van der Waals surface area (Å²) in [5.41, 5.74) is 1.66. The van der Waals surface area contributed by atoms with E-state index >= 15 is 0 Å². The van der Waals surface area contributed by atoms with Gasteiger partial charge in [-0.3, -0.25) is 10.2 Å². The highest BCUT2D eigenvalue weighted by molar-refractivity contribution is 8.13. The normalized spacial score (nSPS) is 15.2. The van der Waals surface area contributed by atoms with E-state index in [4.69, 9.17) is 5.41 Å². The Morgan fingerprint density at radius 2 is 2.12 bits per heavy atom. The number of nitrogens with one attached hydrogen (secondary N) is 1. The molecule has 1 heterocycles. The number of hydrogen-bond acceptors (Lipinski definition) is 4. The number of benzene rings is 1. The molecule has 2 rings (SSSR count). The van der Waals surface area contributed by atoms with Crippen LogP contribution in [0.2, 0.25) is 0 Å². The van der Waals surface area contributed by atoms with E-state index in [9.17, 15) is 4.79 Å². The zero-order chi connectivity index (χ0) is 11.5. The van der Waals surface area contributed by atoms with E-state index < -0.39 is 0 Å². The summed E-state index contributed by atoms with van der Waals surface area (Å²) in [4.78, 5) is 11.6. The molecule has 16 heavy (non-hydrogen) atoms. The quantitative estimate of drug-likeness (QED) is 0.595. The van der Waals surface area contributed by atoms with Crippen LogP contribution in [0.3, 0.4) is 0 Å². The number of hydrogen-bond donors (Lipinski definition) is 1. The van der Waals surface area contributed by atoms with E-state index in [1.54, 1.807) is 6.26 Å². The molecule has 82 valence electrons. The van der Waals surface area contributed by atoms with Gasteiger partial charge in [-0.1, -0.05) is 42.1 Å². The molecule has 1 N–H and O–H groups in total. The molecule has 0 aromatic heterocycles. The first-order valence-electron chi connectivity index (χ1n) is 4.81. The van der Waals surface area contributed by atoms with Crippen molar-refractivity contribution in [2.75, 3.05) is 6.26 Å². The van der Waals surface area contributed by atoms with Crippen LogP contribution in [0.15, 0.2) is 35.4 Å². The summed E-state index contributed by atoms with van der Waals surface area (Å²) >= 11 is 1.20. The summed E-state index contributed by atoms with van der Waals surface area (Å²) in [6.45, 7) is 0. The van der Waals surface area contributed by atoms with Crippen molar-refractivity contribution >= 4 is 28.5 Å². The highest BCUT2D eigenvalue weighted by atomic mass is 32.2. The largest absolute Gasteiger partial charge is 0.277 e. The topological polar surface area (TPSA) is 56.5 Å². The van der Waals surface area contributed by atoms with Gasteiger partial charge in [-0.2, -0.15) is 10.1 Å². The van der Waals surface area contributed by atoms with Crippen LogP contribution in [-0.4, -0.2) is 28.1 Å². The standard InChI is InChI=1S/C11H11N3OS/c1-16-11(12)14-10(15)7-9(13-14)8-5-3-2-4-6-8/h2-6,12H,7H2,1H3. The van der Waals surface area contributed by atoms with Crippen LogP contribution in [0.4, 0.5) is 0 Å². The molecular formula is C11H11N3OS. The maximum atomic E-state index is 11.6. The number of carbonyl (C=O) groups is 1. The summed E-state index contributed by atoms with van der Waals surface area (Å²) in [7, 11) is 0. The molecule has 0 bridgehead atoms. The van der Waals surface area contributed by atoms with E-state index in [-0.39, 0.29) is 17.5 Å². The van der Waals surface area contributed by atoms with Gasteiger partial charge in [0.25, 0.3) is 5.91 Å². The molecular weight excluding hydrogens is 222 g/mol. The van der Waals surface area contributed by atoms with Gasteiger partial charge >= 0.3 is 0 Å². The number of amidine groups is 1. The number of carbonyl (C=O) groups excluding carboxylic acids is 1. The first-order chi connectivity index (χ1) is 7.72. The summed E-state index contributed by atoms with van der Waals surface area (Å²) < 4.78 is 0. The number of hydrazone groups is 1. The summed E-state index contributed by atoms with van der Waals surface area (Å²) in [6.07, 6.45) is 2.03. The Kier molecular flexibility index (Phi) is 3.05. The fraction of sp³-hybridized carbons (Fsp3) is 0.182. The molecule has 1 aliphatic heterocycles. The average Bonchev–Trinajstić information content (AvgIpc) is 2.71. The van der Waals surface area contributed by atoms with Crippen molar-refractivity contribution in [1.29, 1.82) is 5.41 Å². The predicted molar refractivity (Wildman–Crippen MR) is 65.7 cm³/mol. The number of thioether (sulfide) groups is 1. The second-order valence-corrected chi connectivity index (χ2v) is 4.10. The lowest BCUT2D eigenvalue weighted by molar-refractivity contribution is -0.124. The van der Waals surface area contributed by atoms with Crippen molar-refractivity contribution in [3.8, 4) is 0 Å². The number of rotatable bonds is 1. The molecule has 0 radical (unpaired) electrons. The molecule has 0 saturated carbocycles. The van der Waals surface area contributed by atoms with Gasteiger partial charge < -0.3 is 0 Å².